The van der Waals surface area contributed by atoms with E-state index in [4.69, 9.17) is 21.6 Å². The fraction of sp³-hybridized carbons (Fsp3) is 0.0667. The van der Waals surface area contributed by atoms with Crippen molar-refractivity contribution in [2.75, 3.05) is 0 Å². The third-order valence-corrected chi connectivity index (χ3v) is 2.87. The lowest BCUT2D eigenvalue weighted by Crippen LogP contribution is -1.92. The Labute approximate surface area is 116 Å². The van der Waals surface area contributed by atoms with E-state index in [-0.39, 0.29) is 0 Å². The smallest absolute Gasteiger partial charge is 0.150 e. The number of hydrogen-bond acceptors (Lipinski definition) is 3. The van der Waals surface area contributed by atoms with Crippen molar-refractivity contribution in [2.24, 2.45) is 0 Å². The highest BCUT2D eigenvalue weighted by atomic mass is 35.5. The van der Waals surface area contributed by atoms with Crippen LogP contribution in [-0.4, -0.2) is 6.29 Å². The number of nitriles is 1. The van der Waals surface area contributed by atoms with E-state index in [0.717, 1.165) is 5.56 Å². The summed E-state index contributed by atoms with van der Waals surface area (Å²) in [4.78, 5) is 10.7. The van der Waals surface area contributed by atoms with Crippen LogP contribution in [0.2, 0.25) is 5.02 Å². The van der Waals surface area contributed by atoms with Crippen molar-refractivity contribution in [1.29, 1.82) is 5.26 Å². The van der Waals surface area contributed by atoms with Crippen LogP contribution in [0.25, 0.3) is 0 Å². The molecule has 0 fully saturated rings. The summed E-state index contributed by atoms with van der Waals surface area (Å²) < 4.78 is 5.69. The van der Waals surface area contributed by atoms with Gasteiger partial charge in [-0.05, 0) is 42.8 Å². The summed E-state index contributed by atoms with van der Waals surface area (Å²) >= 11 is 5.91. The second-order valence-corrected chi connectivity index (χ2v) is 4.43. The van der Waals surface area contributed by atoms with Gasteiger partial charge in [0.2, 0.25) is 0 Å². The van der Waals surface area contributed by atoms with Gasteiger partial charge in [-0.3, -0.25) is 4.79 Å². The van der Waals surface area contributed by atoms with Crippen LogP contribution in [0.5, 0.6) is 11.5 Å². The normalized spacial score (nSPS) is 9.74. The summed E-state index contributed by atoms with van der Waals surface area (Å²) in [5, 5.41) is 9.63. The summed E-state index contributed by atoms with van der Waals surface area (Å²) in [6.07, 6.45) is 0.690. The molecule has 0 saturated heterocycles. The molecular weight excluding hydrogens is 262 g/mol. The summed E-state index contributed by atoms with van der Waals surface area (Å²) in [7, 11) is 0. The van der Waals surface area contributed by atoms with E-state index in [1.807, 2.05) is 19.1 Å². The summed E-state index contributed by atoms with van der Waals surface area (Å²) in [6.45, 7) is 1.89. The molecule has 3 nitrogen and oxygen atoms in total. The molecular formula is C15H10ClNO2. The Bertz CT molecular complexity index is 674. The maximum absolute atomic E-state index is 10.7. The molecule has 2 rings (SSSR count). The Morgan fingerprint density at radius 1 is 1.21 bits per heavy atom. The Hall–Kier alpha value is -2.31. The molecule has 0 spiro atoms. The molecule has 0 heterocycles. The Kier molecular flexibility index (Phi) is 3.84. The van der Waals surface area contributed by atoms with Gasteiger partial charge >= 0.3 is 0 Å². The van der Waals surface area contributed by atoms with Crippen LogP contribution in [0.15, 0.2) is 36.4 Å². The monoisotopic (exact) mass is 271 g/mol. The molecule has 0 aliphatic rings. The van der Waals surface area contributed by atoms with Crippen molar-refractivity contribution in [1.82, 2.24) is 0 Å². The number of aldehydes is 1. The molecule has 94 valence electrons. The van der Waals surface area contributed by atoms with Crippen molar-refractivity contribution < 1.29 is 9.53 Å². The first-order chi connectivity index (χ1) is 9.13. The molecule has 19 heavy (non-hydrogen) atoms. The fourth-order valence-electron chi connectivity index (χ4n) is 1.60. The van der Waals surface area contributed by atoms with Crippen molar-refractivity contribution in [3.8, 4) is 17.6 Å². The van der Waals surface area contributed by atoms with Crippen molar-refractivity contribution in [3.63, 3.8) is 0 Å². The molecule has 0 saturated carbocycles. The van der Waals surface area contributed by atoms with Gasteiger partial charge in [0.05, 0.1) is 5.56 Å². The standard InChI is InChI=1S/C15H10ClNO2/c1-10-2-4-13(16)7-15(10)19-14-5-3-11(9-18)6-12(14)8-17/h2-7,9H,1H3. The molecule has 0 unspecified atom stereocenters. The zero-order chi connectivity index (χ0) is 13.8. The van der Waals surface area contributed by atoms with Crippen LogP contribution in [0.4, 0.5) is 0 Å². The maximum Gasteiger partial charge on any atom is 0.150 e. The quantitative estimate of drug-likeness (QED) is 0.789. The number of rotatable bonds is 3. The third kappa shape index (κ3) is 2.93. The van der Waals surface area contributed by atoms with Gasteiger partial charge in [0.15, 0.2) is 0 Å². The Morgan fingerprint density at radius 2 is 2.00 bits per heavy atom. The van der Waals surface area contributed by atoms with Crippen LogP contribution in [-0.2, 0) is 0 Å². The van der Waals surface area contributed by atoms with E-state index in [2.05, 4.69) is 0 Å². The van der Waals surface area contributed by atoms with Gasteiger partial charge in [-0.15, -0.1) is 0 Å². The predicted molar refractivity (Wildman–Crippen MR) is 72.8 cm³/mol. The second kappa shape index (κ2) is 5.55. The van der Waals surface area contributed by atoms with Crippen molar-refractivity contribution in [3.05, 3.63) is 58.1 Å². The van der Waals surface area contributed by atoms with E-state index >= 15 is 0 Å². The van der Waals surface area contributed by atoms with Gasteiger partial charge in [-0.25, -0.2) is 0 Å². The molecule has 0 aromatic heterocycles. The van der Waals surface area contributed by atoms with E-state index in [9.17, 15) is 4.79 Å². The molecule has 0 bridgehead atoms. The minimum Gasteiger partial charge on any atom is -0.456 e. The number of ether oxygens (including phenoxy) is 1. The number of hydrogen-bond donors (Lipinski definition) is 0. The topological polar surface area (TPSA) is 50.1 Å². The van der Waals surface area contributed by atoms with Gasteiger partial charge in [0.25, 0.3) is 0 Å². The molecule has 0 aliphatic heterocycles. The largest absolute Gasteiger partial charge is 0.456 e. The van der Waals surface area contributed by atoms with Crippen LogP contribution in [0.3, 0.4) is 0 Å². The van der Waals surface area contributed by atoms with E-state index in [0.29, 0.717) is 33.9 Å². The SMILES string of the molecule is Cc1ccc(Cl)cc1Oc1ccc(C=O)cc1C#N. The zero-order valence-electron chi connectivity index (χ0n) is 10.2. The first-order valence-electron chi connectivity index (χ1n) is 5.57. The van der Waals surface area contributed by atoms with E-state index in [1.54, 1.807) is 24.3 Å². The average Bonchev–Trinajstić information content (AvgIpc) is 2.43. The Balaban J connectivity index is 2.41. The minimum atomic E-state index is 0.309. The van der Waals surface area contributed by atoms with Gasteiger partial charge in [-0.2, -0.15) is 5.26 Å². The number of aryl methyl sites for hydroxylation is 1. The second-order valence-electron chi connectivity index (χ2n) is 4.00. The first-order valence-corrected chi connectivity index (χ1v) is 5.95. The van der Waals surface area contributed by atoms with Gasteiger partial charge in [0, 0.05) is 10.6 Å². The fourth-order valence-corrected chi connectivity index (χ4v) is 1.76. The van der Waals surface area contributed by atoms with Crippen LogP contribution in [0, 0.1) is 18.3 Å². The highest BCUT2D eigenvalue weighted by Crippen LogP contribution is 2.30. The molecule has 0 radical (unpaired) electrons. The minimum absolute atomic E-state index is 0.309. The average molecular weight is 272 g/mol. The van der Waals surface area contributed by atoms with Crippen molar-refractivity contribution in [2.45, 2.75) is 6.92 Å². The van der Waals surface area contributed by atoms with E-state index < -0.39 is 0 Å². The molecule has 0 N–H and O–H groups in total. The molecule has 4 heteroatoms. The van der Waals surface area contributed by atoms with Crippen LogP contribution in [0.1, 0.15) is 21.5 Å². The summed E-state index contributed by atoms with van der Waals surface area (Å²) in [5.74, 6) is 0.987. The van der Waals surface area contributed by atoms with Crippen molar-refractivity contribution >= 4 is 17.9 Å². The molecule has 2 aromatic rings. The molecule has 0 aliphatic carbocycles. The Morgan fingerprint density at radius 3 is 2.68 bits per heavy atom. The number of nitrogens with zero attached hydrogens (tertiary/aromatic N) is 1. The van der Waals surface area contributed by atoms with E-state index in [1.165, 1.54) is 6.07 Å². The zero-order valence-corrected chi connectivity index (χ0v) is 10.9. The number of carbonyl (C=O) groups is 1. The number of benzene rings is 2. The summed E-state index contributed by atoms with van der Waals surface area (Å²) in [6, 6.07) is 12.0. The van der Waals surface area contributed by atoms with Gasteiger partial charge < -0.3 is 4.74 Å². The first kappa shape index (κ1) is 13.1. The summed E-state index contributed by atoms with van der Waals surface area (Å²) in [5.41, 5.74) is 1.66. The van der Waals surface area contributed by atoms with Gasteiger partial charge in [-0.1, -0.05) is 17.7 Å². The lowest BCUT2D eigenvalue weighted by molar-refractivity contribution is 0.112. The molecule has 0 atom stereocenters. The van der Waals surface area contributed by atoms with Crippen LogP contribution < -0.4 is 4.74 Å². The highest BCUT2D eigenvalue weighted by molar-refractivity contribution is 6.30. The van der Waals surface area contributed by atoms with Gasteiger partial charge in [0.1, 0.15) is 23.9 Å². The number of carbonyl (C=O) groups excluding carboxylic acids is 1. The van der Waals surface area contributed by atoms with Crippen LogP contribution >= 0.6 is 11.6 Å². The third-order valence-electron chi connectivity index (χ3n) is 2.63. The highest BCUT2D eigenvalue weighted by Gasteiger charge is 2.08. The lowest BCUT2D eigenvalue weighted by Gasteiger charge is -2.10. The molecule has 2 aromatic carbocycles. The maximum atomic E-state index is 10.7. The predicted octanol–water partition coefficient (Wildman–Crippen LogP) is 4.12. The molecule has 0 amide bonds. The lowest BCUT2D eigenvalue weighted by atomic mass is 10.1. The number of halogens is 1.